The van der Waals surface area contributed by atoms with Crippen molar-refractivity contribution in [2.75, 3.05) is 0 Å². The average molecular weight is 109 g/mol. The summed E-state index contributed by atoms with van der Waals surface area (Å²) in [6.45, 7) is 0. The topological polar surface area (TPSA) is 39.2 Å². The second-order valence-electron chi connectivity index (χ2n) is 1.44. The number of oxazole rings is 1. The Bertz CT molecular complexity index is 232. The van der Waals surface area contributed by atoms with E-state index in [0.717, 1.165) is 0 Å². The molecule has 0 fully saturated rings. The van der Waals surface area contributed by atoms with Gasteiger partial charge in [-0.2, -0.15) is 4.98 Å². The minimum atomic E-state index is 0.560. The Hall–Kier alpha value is -1.25. The zero-order valence-electron chi connectivity index (χ0n) is 4.00. The summed E-state index contributed by atoms with van der Waals surface area (Å²) in [7, 11) is 0. The Balaban J connectivity index is 3.06. The van der Waals surface area contributed by atoms with Crippen LogP contribution in [-0.2, 0) is 0 Å². The lowest BCUT2D eigenvalue weighted by atomic mass is 10.6. The fourth-order valence-corrected chi connectivity index (χ4v) is 0.604. The molecule has 0 saturated carbocycles. The predicted molar refractivity (Wildman–Crippen MR) is 26.3 cm³/mol. The van der Waals surface area contributed by atoms with Crippen molar-refractivity contribution in [2.45, 2.75) is 0 Å². The highest BCUT2D eigenvalue weighted by atomic mass is 16.4. The van der Waals surface area contributed by atoms with Gasteiger partial charge in [0.1, 0.15) is 0 Å². The normalized spacial score (nSPS) is 10.5. The molecule has 0 radical (unpaired) electrons. The second kappa shape index (κ2) is 1.12. The molecule has 0 amide bonds. The van der Waals surface area contributed by atoms with E-state index >= 15 is 0 Å². The van der Waals surface area contributed by atoms with Crippen molar-refractivity contribution >= 4 is 11.3 Å². The highest BCUT2D eigenvalue weighted by Gasteiger charge is 1.96. The summed E-state index contributed by atoms with van der Waals surface area (Å²) >= 11 is 0. The van der Waals surface area contributed by atoms with Gasteiger partial charge in [0.05, 0.1) is 6.26 Å². The Morgan fingerprint density at radius 2 is 2.38 bits per heavy atom. The molecule has 0 aliphatic carbocycles. The van der Waals surface area contributed by atoms with Crippen LogP contribution in [0, 0.1) is 0 Å². The molecule has 40 valence electrons. The van der Waals surface area contributed by atoms with Crippen molar-refractivity contribution in [2.24, 2.45) is 0 Å². The fourth-order valence-electron chi connectivity index (χ4n) is 0.604. The summed E-state index contributed by atoms with van der Waals surface area (Å²) in [6, 6.07) is 1.72. The molecule has 2 rings (SSSR count). The van der Waals surface area contributed by atoms with Crippen molar-refractivity contribution in [3.63, 3.8) is 0 Å². The van der Waals surface area contributed by atoms with E-state index in [1.54, 1.807) is 12.3 Å². The lowest BCUT2D eigenvalue weighted by Crippen LogP contribution is -1.49. The van der Waals surface area contributed by atoms with Crippen LogP contribution in [0.25, 0.3) is 11.3 Å². The van der Waals surface area contributed by atoms with Crippen LogP contribution in [0.2, 0.25) is 0 Å². The second-order valence-corrected chi connectivity index (χ2v) is 1.44. The van der Waals surface area contributed by atoms with Gasteiger partial charge in [-0.15, -0.1) is 0 Å². The first kappa shape index (κ1) is 3.72. The molecule has 3 nitrogen and oxygen atoms in total. The SMILES string of the molecule is c1nc2occc2o1. The van der Waals surface area contributed by atoms with Crippen LogP contribution in [0.15, 0.2) is 27.6 Å². The van der Waals surface area contributed by atoms with Crippen molar-refractivity contribution in [1.82, 2.24) is 4.98 Å². The molecule has 2 aromatic heterocycles. The smallest absolute Gasteiger partial charge is 0.265 e. The maximum Gasteiger partial charge on any atom is 0.265 e. The number of furan rings is 1. The molecule has 0 aliphatic rings. The van der Waals surface area contributed by atoms with Crippen molar-refractivity contribution in [3.8, 4) is 0 Å². The monoisotopic (exact) mass is 109 g/mol. The minimum absolute atomic E-state index is 0.560. The number of aromatic nitrogens is 1. The van der Waals surface area contributed by atoms with E-state index in [9.17, 15) is 0 Å². The maximum absolute atomic E-state index is 4.85. The van der Waals surface area contributed by atoms with E-state index in [4.69, 9.17) is 8.83 Å². The van der Waals surface area contributed by atoms with Gasteiger partial charge in [0.25, 0.3) is 5.71 Å². The zero-order valence-corrected chi connectivity index (χ0v) is 4.00. The number of rotatable bonds is 0. The molecular weight excluding hydrogens is 106 g/mol. The highest BCUT2D eigenvalue weighted by molar-refractivity contribution is 5.64. The molecule has 0 saturated heterocycles. The molecule has 2 aromatic rings. The molecule has 0 bridgehead atoms. The van der Waals surface area contributed by atoms with Crippen molar-refractivity contribution in [3.05, 3.63) is 18.7 Å². The molecule has 0 N–H and O–H groups in total. The van der Waals surface area contributed by atoms with Crippen LogP contribution in [0.1, 0.15) is 0 Å². The average Bonchev–Trinajstić information content (AvgIpc) is 2.15. The Labute approximate surface area is 44.9 Å². The van der Waals surface area contributed by atoms with Crippen LogP contribution in [0.4, 0.5) is 0 Å². The standard InChI is InChI=1S/C5H3NO2/c1-2-7-5-4(1)8-3-6-5/h1-3H. The molecule has 3 heteroatoms. The number of hydrogen-bond acceptors (Lipinski definition) is 3. The third kappa shape index (κ3) is 0.307. The van der Waals surface area contributed by atoms with Crippen molar-refractivity contribution in [1.29, 1.82) is 0 Å². The van der Waals surface area contributed by atoms with Crippen LogP contribution >= 0.6 is 0 Å². The Morgan fingerprint density at radius 3 is 3.25 bits per heavy atom. The molecule has 0 spiro atoms. The minimum Gasteiger partial charge on any atom is -0.444 e. The first-order valence-electron chi connectivity index (χ1n) is 2.23. The Morgan fingerprint density at radius 1 is 1.38 bits per heavy atom. The number of nitrogens with zero attached hydrogens (tertiary/aromatic N) is 1. The third-order valence-corrected chi connectivity index (χ3v) is 0.960. The van der Waals surface area contributed by atoms with E-state index in [-0.39, 0.29) is 0 Å². The van der Waals surface area contributed by atoms with Gasteiger partial charge in [0.15, 0.2) is 12.0 Å². The van der Waals surface area contributed by atoms with Gasteiger partial charge in [0, 0.05) is 6.07 Å². The number of fused-ring (bicyclic) bond motifs is 1. The fraction of sp³-hybridized carbons (Fsp3) is 0. The molecule has 0 aromatic carbocycles. The number of hydrogen-bond donors (Lipinski definition) is 0. The first-order chi connectivity index (χ1) is 3.97. The van der Waals surface area contributed by atoms with E-state index in [1.807, 2.05) is 0 Å². The van der Waals surface area contributed by atoms with Gasteiger partial charge in [-0.25, -0.2) is 0 Å². The van der Waals surface area contributed by atoms with Crippen LogP contribution in [0.3, 0.4) is 0 Å². The van der Waals surface area contributed by atoms with Gasteiger partial charge in [-0.1, -0.05) is 0 Å². The third-order valence-electron chi connectivity index (χ3n) is 0.960. The molecular formula is C5H3NO2. The van der Waals surface area contributed by atoms with Gasteiger partial charge in [0.2, 0.25) is 0 Å². The van der Waals surface area contributed by atoms with Crippen molar-refractivity contribution < 1.29 is 8.83 Å². The maximum atomic E-state index is 4.85. The van der Waals surface area contributed by atoms with Gasteiger partial charge in [-0.05, 0) is 0 Å². The molecule has 0 atom stereocenters. The van der Waals surface area contributed by atoms with Crippen LogP contribution in [-0.4, -0.2) is 4.98 Å². The zero-order chi connectivity index (χ0) is 5.40. The van der Waals surface area contributed by atoms with E-state index < -0.39 is 0 Å². The highest BCUT2D eigenvalue weighted by Crippen LogP contribution is 2.10. The summed E-state index contributed by atoms with van der Waals surface area (Å²) in [5.74, 6) is 0. The van der Waals surface area contributed by atoms with E-state index in [0.29, 0.717) is 11.3 Å². The summed E-state index contributed by atoms with van der Waals surface area (Å²) in [5.41, 5.74) is 1.26. The summed E-state index contributed by atoms with van der Waals surface area (Å²) in [5, 5.41) is 0. The van der Waals surface area contributed by atoms with Crippen LogP contribution < -0.4 is 0 Å². The molecule has 0 unspecified atom stereocenters. The molecule has 8 heavy (non-hydrogen) atoms. The largest absolute Gasteiger partial charge is 0.444 e. The quantitative estimate of drug-likeness (QED) is 0.513. The van der Waals surface area contributed by atoms with Gasteiger partial charge in [-0.3, -0.25) is 0 Å². The summed E-state index contributed by atoms with van der Waals surface area (Å²) in [6.07, 6.45) is 2.90. The summed E-state index contributed by atoms with van der Waals surface area (Å²) < 4.78 is 9.71. The van der Waals surface area contributed by atoms with Crippen LogP contribution in [0.5, 0.6) is 0 Å². The van der Waals surface area contributed by atoms with Gasteiger partial charge < -0.3 is 8.83 Å². The van der Waals surface area contributed by atoms with E-state index in [2.05, 4.69) is 4.98 Å². The first-order valence-corrected chi connectivity index (χ1v) is 2.23. The predicted octanol–water partition coefficient (Wildman–Crippen LogP) is 1.42. The summed E-state index contributed by atoms with van der Waals surface area (Å²) in [4.78, 5) is 3.75. The lowest BCUT2D eigenvalue weighted by Gasteiger charge is -1.62. The van der Waals surface area contributed by atoms with Gasteiger partial charge >= 0.3 is 0 Å². The Kier molecular flexibility index (Phi) is 0.521. The molecule has 0 aliphatic heterocycles. The lowest BCUT2D eigenvalue weighted by molar-refractivity contribution is 0.598. The van der Waals surface area contributed by atoms with E-state index in [1.165, 1.54) is 6.39 Å². The molecule has 2 heterocycles.